The van der Waals surface area contributed by atoms with Crippen LogP contribution in [0, 0.1) is 5.82 Å². The van der Waals surface area contributed by atoms with Crippen LogP contribution < -0.4 is 15.0 Å². The van der Waals surface area contributed by atoms with E-state index in [1.54, 1.807) is 30.0 Å². The molecule has 0 amide bonds. The molecule has 0 radical (unpaired) electrons. The molecule has 2 atom stereocenters. The van der Waals surface area contributed by atoms with Crippen molar-refractivity contribution >= 4 is 34.1 Å². The molecule has 5 nitrogen and oxygen atoms in total. The van der Waals surface area contributed by atoms with Crippen LogP contribution in [-0.4, -0.2) is 42.8 Å². The van der Waals surface area contributed by atoms with Gasteiger partial charge in [0.15, 0.2) is 0 Å². The number of rotatable bonds is 4. The highest BCUT2D eigenvalue weighted by atomic mass is 35.5. The number of hydrogen-bond acceptors (Lipinski definition) is 4. The Kier molecular flexibility index (Phi) is 5.71. The van der Waals surface area contributed by atoms with Crippen molar-refractivity contribution in [2.45, 2.75) is 32.4 Å². The number of methoxy groups -OCH3 is 1. The third-order valence-corrected chi connectivity index (χ3v) is 5.82. The third-order valence-electron chi connectivity index (χ3n) is 5.53. The van der Waals surface area contributed by atoms with Gasteiger partial charge >= 0.3 is 0 Å². The Bertz CT molecular complexity index is 1090. The van der Waals surface area contributed by atoms with Crippen LogP contribution in [-0.2, 0) is 6.42 Å². The SMILES string of the molecule is COc1cc2ccn(C(=O)Cc3cccc(Cl)c3F)c2cc1N1CC(C)NC(C)C1. The standard InChI is InChI=1S/C23H25ClFN3O2/c1-14-12-27(13-15(2)26-14)20-11-19-16(9-21(20)30-3)7-8-28(19)22(29)10-17-5-4-6-18(24)23(17)25/h4-9,11,14-15,26H,10,12-13H2,1-3H3. The maximum atomic E-state index is 14.3. The number of carbonyl (C=O) groups excluding carboxylic acids is 1. The van der Waals surface area contributed by atoms with E-state index in [9.17, 15) is 9.18 Å². The summed E-state index contributed by atoms with van der Waals surface area (Å²) in [6, 6.07) is 11.2. The van der Waals surface area contributed by atoms with Gasteiger partial charge in [0.2, 0.25) is 5.91 Å². The number of nitrogens with one attached hydrogen (secondary N) is 1. The zero-order valence-electron chi connectivity index (χ0n) is 17.3. The normalized spacial score (nSPS) is 19.3. The van der Waals surface area contributed by atoms with Gasteiger partial charge in [-0.05, 0) is 43.7 Å². The molecule has 7 heteroatoms. The van der Waals surface area contributed by atoms with Crippen LogP contribution >= 0.6 is 11.6 Å². The van der Waals surface area contributed by atoms with Gasteiger partial charge in [0.25, 0.3) is 0 Å². The van der Waals surface area contributed by atoms with Crippen LogP contribution in [0.5, 0.6) is 5.75 Å². The molecular formula is C23H25ClFN3O2. The predicted molar refractivity (Wildman–Crippen MR) is 119 cm³/mol. The molecule has 158 valence electrons. The van der Waals surface area contributed by atoms with Crippen molar-refractivity contribution in [2.24, 2.45) is 0 Å². The Hall–Kier alpha value is -2.57. The van der Waals surface area contributed by atoms with Crippen LogP contribution in [0.3, 0.4) is 0 Å². The van der Waals surface area contributed by atoms with Crippen LogP contribution in [0.25, 0.3) is 10.9 Å². The number of ether oxygens (including phenoxy) is 1. The molecule has 0 aliphatic carbocycles. The van der Waals surface area contributed by atoms with Crippen molar-refractivity contribution < 1.29 is 13.9 Å². The lowest BCUT2D eigenvalue weighted by molar-refractivity contribution is 0.0918. The Morgan fingerprint density at radius 1 is 1.23 bits per heavy atom. The fourth-order valence-electron chi connectivity index (χ4n) is 4.24. The molecule has 0 saturated carbocycles. The summed E-state index contributed by atoms with van der Waals surface area (Å²) in [7, 11) is 1.66. The minimum Gasteiger partial charge on any atom is -0.495 e. The lowest BCUT2D eigenvalue weighted by Gasteiger charge is -2.38. The first-order chi connectivity index (χ1) is 14.4. The van der Waals surface area contributed by atoms with E-state index in [0.717, 1.165) is 35.4 Å². The second kappa shape index (κ2) is 8.28. The number of fused-ring (bicyclic) bond motifs is 1. The van der Waals surface area contributed by atoms with E-state index < -0.39 is 5.82 Å². The van der Waals surface area contributed by atoms with E-state index in [4.69, 9.17) is 16.3 Å². The molecule has 1 saturated heterocycles. The summed E-state index contributed by atoms with van der Waals surface area (Å²) in [5, 5.41) is 4.44. The van der Waals surface area contributed by atoms with Gasteiger partial charge in [-0.3, -0.25) is 9.36 Å². The predicted octanol–water partition coefficient (Wildman–Crippen LogP) is 4.51. The first-order valence-corrected chi connectivity index (χ1v) is 10.4. The molecule has 2 unspecified atom stereocenters. The van der Waals surface area contributed by atoms with Gasteiger partial charge in [0.1, 0.15) is 11.6 Å². The van der Waals surface area contributed by atoms with Gasteiger partial charge in [-0.15, -0.1) is 0 Å². The summed E-state index contributed by atoms with van der Waals surface area (Å²) in [6.07, 6.45) is 1.65. The summed E-state index contributed by atoms with van der Waals surface area (Å²) < 4.78 is 21.5. The van der Waals surface area contributed by atoms with Gasteiger partial charge in [-0.2, -0.15) is 0 Å². The number of halogens is 2. The Balaban J connectivity index is 1.71. The van der Waals surface area contributed by atoms with Crippen molar-refractivity contribution in [1.82, 2.24) is 9.88 Å². The molecule has 1 aliphatic heterocycles. The molecule has 4 rings (SSSR count). The third kappa shape index (κ3) is 3.89. The van der Waals surface area contributed by atoms with Gasteiger partial charge in [0, 0.05) is 36.8 Å². The molecule has 1 aliphatic rings. The van der Waals surface area contributed by atoms with E-state index in [1.807, 2.05) is 18.2 Å². The monoisotopic (exact) mass is 429 g/mol. The van der Waals surface area contributed by atoms with Gasteiger partial charge in [0.05, 0.1) is 29.8 Å². The molecule has 1 N–H and O–H groups in total. The molecule has 2 heterocycles. The molecule has 1 aromatic heterocycles. The van der Waals surface area contributed by atoms with Gasteiger partial charge < -0.3 is 15.0 Å². The van der Waals surface area contributed by atoms with Crippen molar-refractivity contribution in [1.29, 1.82) is 0 Å². The number of carbonyl (C=O) groups is 1. The minimum atomic E-state index is -0.546. The highest BCUT2D eigenvalue weighted by molar-refractivity contribution is 6.30. The maximum absolute atomic E-state index is 14.3. The molecular weight excluding hydrogens is 405 g/mol. The van der Waals surface area contributed by atoms with Crippen molar-refractivity contribution in [2.75, 3.05) is 25.1 Å². The number of hydrogen-bond donors (Lipinski definition) is 1. The van der Waals surface area contributed by atoms with Crippen LogP contribution in [0.2, 0.25) is 5.02 Å². The van der Waals surface area contributed by atoms with E-state index in [2.05, 4.69) is 24.1 Å². The first kappa shape index (κ1) is 20.7. The molecule has 1 fully saturated rings. The number of benzene rings is 2. The summed E-state index contributed by atoms with van der Waals surface area (Å²) in [4.78, 5) is 15.3. The summed E-state index contributed by atoms with van der Waals surface area (Å²) >= 11 is 5.86. The number of anilines is 1. The maximum Gasteiger partial charge on any atom is 0.235 e. The first-order valence-electron chi connectivity index (χ1n) is 10.0. The quantitative estimate of drug-likeness (QED) is 0.662. The molecule has 0 bridgehead atoms. The average molecular weight is 430 g/mol. The zero-order chi connectivity index (χ0) is 21.4. The highest BCUT2D eigenvalue weighted by Crippen LogP contribution is 2.35. The van der Waals surface area contributed by atoms with E-state index in [1.165, 1.54) is 6.07 Å². The number of aromatic nitrogens is 1. The fourth-order valence-corrected chi connectivity index (χ4v) is 4.43. The smallest absolute Gasteiger partial charge is 0.235 e. The van der Waals surface area contributed by atoms with Crippen molar-refractivity contribution in [3.8, 4) is 5.75 Å². The average Bonchev–Trinajstić information content (AvgIpc) is 3.12. The highest BCUT2D eigenvalue weighted by Gasteiger charge is 2.24. The van der Waals surface area contributed by atoms with Crippen LogP contribution in [0.1, 0.15) is 24.2 Å². The molecule has 2 aromatic carbocycles. The summed E-state index contributed by atoms with van der Waals surface area (Å²) in [6.45, 7) is 5.99. The second-order valence-corrected chi connectivity index (χ2v) is 8.33. The topological polar surface area (TPSA) is 46.5 Å². The zero-order valence-corrected chi connectivity index (χ0v) is 18.0. The van der Waals surface area contributed by atoms with Gasteiger partial charge in [-0.1, -0.05) is 23.7 Å². The number of nitrogens with zero attached hydrogens (tertiary/aromatic N) is 2. The number of piperazine rings is 1. The van der Waals surface area contributed by atoms with Crippen molar-refractivity contribution in [3.05, 3.63) is 59.0 Å². The van der Waals surface area contributed by atoms with E-state index >= 15 is 0 Å². The lowest BCUT2D eigenvalue weighted by Crippen LogP contribution is -2.54. The Morgan fingerprint density at radius 2 is 1.97 bits per heavy atom. The van der Waals surface area contributed by atoms with Crippen LogP contribution in [0.4, 0.5) is 10.1 Å². The second-order valence-electron chi connectivity index (χ2n) is 7.93. The van der Waals surface area contributed by atoms with Crippen LogP contribution in [0.15, 0.2) is 42.6 Å². The molecule has 3 aromatic rings. The summed E-state index contributed by atoms with van der Waals surface area (Å²) in [5.74, 6) is 0.00865. The lowest BCUT2D eigenvalue weighted by atomic mass is 10.1. The summed E-state index contributed by atoms with van der Waals surface area (Å²) in [5.41, 5.74) is 2.01. The molecule has 30 heavy (non-hydrogen) atoms. The van der Waals surface area contributed by atoms with E-state index in [-0.39, 0.29) is 22.9 Å². The Labute approximate surface area is 180 Å². The minimum absolute atomic E-state index is 0.0200. The largest absolute Gasteiger partial charge is 0.495 e. The fraction of sp³-hybridized carbons (Fsp3) is 0.348. The Morgan fingerprint density at radius 3 is 2.67 bits per heavy atom. The molecule has 0 spiro atoms. The van der Waals surface area contributed by atoms with Crippen molar-refractivity contribution in [3.63, 3.8) is 0 Å². The van der Waals surface area contributed by atoms with Gasteiger partial charge in [-0.25, -0.2) is 4.39 Å². The van der Waals surface area contributed by atoms with E-state index in [0.29, 0.717) is 12.1 Å².